The second-order valence-electron chi connectivity index (χ2n) is 6.49. The summed E-state index contributed by atoms with van der Waals surface area (Å²) in [5, 5.41) is 8.94. The van der Waals surface area contributed by atoms with Gasteiger partial charge in [0.2, 0.25) is 0 Å². The minimum Gasteiger partial charge on any atom is -0.481 e. The van der Waals surface area contributed by atoms with Crippen molar-refractivity contribution >= 4 is 12.0 Å². The van der Waals surface area contributed by atoms with Crippen LogP contribution in [0, 0.1) is 5.82 Å². The first-order valence-electron chi connectivity index (χ1n) is 7.90. The van der Waals surface area contributed by atoms with Crippen LogP contribution >= 0.6 is 0 Å². The predicted octanol–water partition coefficient (Wildman–Crippen LogP) is 2.33. The summed E-state index contributed by atoms with van der Waals surface area (Å²) in [5.41, 5.74) is 0.151. The largest absolute Gasteiger partial charge is 0.481 e. The molecule has 0 saturated carbocycles. The normalized spacial score (nSPS) is 16.7. The van der Waals surface area contributed by atoms with Gasteiger partial charge in [0.15, 0.2) is 0 Å². The maximum atomic E-state index is 13.4. The highest BCUT2D eigenvalue weighted by atomic mass is 19.1. The number of urea groups is 1. The Hall–Kier alpha value is -2.15. The van der Waals surface area contributed by atoms with Crippen LogP contribution in [0.15, 0.2) is 24.3 Å². The number of amides is 2. The summed E-state index contributed by atoms with van der Waals surface area (Å²) in [7, 11) is 0. The molecule has 1 aromatic carbocycles. The van der Waals surface area contributed by atoms with E-state index in [0.29, 0.717) is 25.3 Å². The molecule has 0 spiro atoms. The molecular weight excluding hydrogens is 315 g/mol. The Balaban J connectivity index is 2.17. The van der Waals surface area contributed by atoms with Crippen LogP contribution < -0.4 is 0 Å². The van der Waals surface area contributed by atoms with Crippen LogP contribution in [0.4, 0.5) is 9.18 Å². The fourth-order valence-corrected chi connectivity index (χ4v) is 2.71. The summed E-state index contributed by atoms with van der Waals surface area (Å²) in [6.45, 7) is 5.35. The summed E-state index contributed by atoms with van der Waals surface area (Å²) in [5.74, 6) is -1.36. The van der Waals surface area contributed by atoms with E-state index in [1.54, 1.807) is 17.0 Å². The van der Waals surface area contributed by atoms with E-state index in [4.69, 9.17) is 9.84 Å². The van der Waals surface area contributed by atoms with Gasteiger partial charge in [-0.25, -0.2) is 9.18 Å². The van der Waals surface area contributed by atoms with Crippen LogP contribution in [-0.4, -0.2) is 58.7 Å². The molecule has 1 aliphatic heterocycles. The molecular formula is C17H23FN2O4. The second-order valence-corrected chi connectivity index (χ2v) is 6.49. The molecule has 7 heteroatoms. The van der Waals surface area contributed by atoms with Gasteiger partial charge in [0.05, 0.1) is 25.2 Å². The molecule has 1 heterocycles. The lowest BCUT2D eigenvalue weighted by molar-refractivity contribution is -0.137. The second kappa shape index (κ2) is 7.61. The van der Waals surface area contributed by atoms with Crippen LogP contribution in [0.5, 0.6) is 0 Å². The van der Waals surface area contributed by atoms with Crippen LogP contribution in [-0.2, 0) is 16.1 Å². The zero-order valence-corrected chi connectivity index (χ0v) is 14.0. The van der Waals surface area contributed by atoms with Crippen molar-refractivity contribution in [1.29, 1.82) is 0 Å². The molecule has 6 nitrogen and oxygen atoms in total. The van der Waals surface area contributed by atoms with Gasteiger partial charge in [0.25, 0.3) is 0 Å². The van der Waals surface area contributed by atoms with Crippen LogP contribution in [0.25, 0.3) is 0 Å². The molecule has 24 heavy (non-hydrogen) atoms. The molecule has 1 saturated heterocycles. The third-order valence-corrected chi connectivity index (χ3v) is 4.00. The maximum Gasteiger partial charge on any atom is 0.320 e. The molecule has 2 rings (SSSR count). The Morgan fingerprint density at radius 3 is 2.79 bits per heavy atom. The minimum atomic E-state index is -0.978. The zero-order valence-electron chi connectivity index (χ0n) is 14.0. The van der Waals surface area contributed by atoms with Crippen molar-refractivity contribution in [1.82, 2.24) is 9.80 Å². The average Bonchev–Trinajstić information content (AvgIpc) is 2.50. The van der Waals surface area contributed by atoms with Gasteiger partial charge >= 0.3 is 12.0 Å². The minimum absolute atomic E-state index is 0.0676. The van der Waals surface area contributed by atoms with Gasteiger partial charge in [0, 0.05) is 19.6 Å². The first kappa shape index (κ1) is 18.2. The predicted molar refractivity (Wildman–Crippen MR) is 86.1 cm³/mol. The molecule has 0 bridgehead atoms. The van der Waals surface area contributed by atoms with E-state index in [1.165, 1.54) is 17.0 Å². The van der Waals surface area contributed by atoms with Crippen molar-refractivity contribution in [2.45, 2.75) is 32.4 Å². The Morgan fingerprint density at radius 1 is 1.42 bits per heavy atom. The van der Waals surface area contributed by atoms with Crippen molar-refractivity contribution in [2.75, 3.05) is 26.3 Å². The van der Waals surface area contributed by atoms with Crippen molar-refractivity contribution in [3.05, 3.63) is 35.6 Å². The van der Waals surface area contributed by atoms with Crippen LogP contribution in [0.1, 0.15) is 25.8 Å². The average molecular weight is 338 g/mol. The number of carboxylic acids is 1. The fourth-order valence-electron chi connectivity index (χ4n) is 2.71. The number of rotatable bonds is 5. The van der Waals surface area contributed by atoms with E-state index in [0.717, 1.165) is 0 Å². The Morgan fingerprint density at radius 2 is 2.17 bits per heavy atom. The highest BCUT2D eigenvalue weighted by Crippen LogP contribution is 2.22. The molecule has 0 atom stereocenters. The SMILES string of the molecule is CC1(C)COCCN1C(=O)N(CCC(=O)O)Cc1cccc(F)c1. The quantitative estimate of drug-likeness (QED) is 0.894. The monoisotopic (exact) mass is 338 g/mol. The van der Waals surface area contributed by atoms with Crippen molar-refractivity contribution in [2.24, 2.45) is 0 Å². The summed E-state index contributed by atoms with van der Waals surface area (Å²) < 4.78 is 18.8. The topological polar surface area (TPSA) is 70.1 Å². The third-order valence-electron chi connectivity index (χ3n) is 4.00. The summed E-state index contributed by atoms with van der Waals surface area (Å²) in [4.78, 5) is 27.0. The van der Waals surface area contributed by atoms with Gasteiger partial charge in [-0.3, -0.25) is 4.79 Å². The number of aliphatic carboxylic acids is 1. The van der Waals surface area contributed by atoms with E-state index in [1.807, 2.05) is 13.8 Å². The molecule has 1 N–H and O–H groups in total. The third kappa shape index (κ3) is 4.67. The summed E-state index contributed by atoms with van der Waals surface area (Å²) >= 11 is 0. The highest BCUT2D eigenvalue weighted by molar-refractivity contribution is 5.76. The van der Waals surface area contributed by atoms with Gasteiger partial charge in [-0.1, -0.05) is 12.1 Å². The van der Waals surface area contributed by atoms with E-state index in [2.05, 4.69) is 0 Å². The van der Waals surface area contributed by atoms with Gasteiger partial charge in [-0.15, -0.1) is 0 Å². The highest BCUT2D eigenvalue weighted by Gasteiger charge is 2.36. The molecule has 0 aliphatic carbocycles. The van der Waals surface area contributed by atoms with Crippen molar-refractivity contribution in [3.63, 3.8) is 0 Å². The number of hydrogen-bond acceptors (Lipinski definition) is 3. The number of nitrogens with zero attached hydrogens (tertiary/aromatic N) is 2. The van der Waals surface area contributed by atoms with Gasteiger partial charge in [-0.2, -0.15) is 0 Å². The first-order chi connectivity index (χ1) is 11.3. The fraction of sp³-hybridized carbons (Fsp3) is 0.529. The summed E-state index contributed by atoms with van der Waals surface area (Å²) in [6.07, 6.45) is -0.161. The van der Waals surface area contributed by atoms with Crippen LogP contribution in [0.3, 0.4) is 0 Å². The van der Waals surface area contributed by atoms with E-state index < -0.39 is 11.5 Å². The lowest BCUT2D eigenvalue weighted by atomic mass is 10.0. The number of morpholine rings is 1. The Kier molecular flexibility index (Phi) is 5.77. The van der Waals surface area contributed by atoms with Crippen molar-refractivity contribution in [3.8, 4) is 0 Å². The van der Waals surface area contributed by atoms with Gasteiger partial charge in [-0.05, 0) is 31.5 Å². The molecule has 1 aromatic rings. The smallest absolute Gasteiger partial charge is 0.320 e. The van der Waals surface area contributed by atoms with Gasteiger partial charge < -0.3 is 19.6 Å². The Bertz CT molecular complexity index is 606. The Labute approximate surface area is 140 Å². The number of halogens is 1. The number of ether oxygens (including phenoxy) is 1. The maximum absolute atomic E-state index is 13.4. The standard InChI is InChI=1S/C17H23FN2O4/c1-17(2)12-24-9-8-20(17)16(23)19(7-6-15(21)22)11-13-4-3-5-14(18)10-13/h3-5,10H,6-9,11-12H2,1-2H3,(H,21,22). The number of carbonyl (C=O) groups is 2. The number of benzene rings is 1. The first-order valence-corrected chi connectivity index (χ1v) is 7.90. The number of hydrogen-bond donors (Lipinski definition) is 1. The van der Waals surface area contributed by atoms with Gasteiger partial charge in [0.1, 0.15) is 5.82 Å². The summed E-state index contributed by atoms with van der Waals surface area (Å²) in [6, 6.07) is 5.72. The number of carbonyl (C=O) groups excluding carboxylic acids is 1. The molecule has 0 radical (unpaired) electrons. The number of carboxylic acid groups (broad SMARTS) is 1. The molecule has 2 amide bonds. The van der Waals surface area contributed by atoms with Crippen LogP contribution in [0.2, 0.25) is 0 Å². The molecule has 1 aliphatic rings. The molecule has 132 valence electrons. The lowest BCUT2D eigenvalue weighted by Gasteiger charge is -2.44. The van der Waals surface area contributed by atoms with E-state index >= 15 is 0 Å². The molecule has 0 unspecified atom stereocenters. The molecule has 0 aromatic heterocycles. The van der Waals surface area contributed by atoms with Crippen molar-refractivity contribution < 1.29 is 23.8 Å². The zero-order chi connectivity index (χ0) is 17.7. The molecule has 1 fully saturated rings. The van der Waals surface area contributed by atoms with E-state index in [-0.39, 0.29) is 31.4 Å². The van der Waals surface area contributed by atoms with E-state index in [9.17, 15) is 14.0 Å². The lowest BCUT2D eigenvalue weighted by Crippen LogP contribution is -2.59.